The first-order chi connectivity index (χ1) is 11.6. The second-order valence-corrected chi connectivity index (χ2v) is 7.39. The quantitative estimate of drug-likeness (QED) is 0.798. The molecule has 2 aliphatic heterocycles. The maximum absolute atomic E-state index is 12.2. The van der Waals surface area contributed by atoms with Gasteiger partial charge in [-0.15, -0.1) is 10.2 Å². The number of ether oxygens (including phenoxy) is 2. The zero-order valence-electron chi connectivity index (χ0n) is 13.9. The lowest BCUT2D eigenvalue weighted by atomic mass is 9.82. The van der Waals surface area contributed by atoms with Gasteiger partial charge in [-0.2, -0.15) is 0 Å². The Labute approximate surface area is 145 Å². The van der Waals surface area contributed by atoms with Crippen LogP contribution >= 0.6 is 11.3 Å². The Kier molecular flexibility index (Phi) is 5.77. The molecule has 1 atom stereocenters. The van der Waals surface area contributed by atoms with Gasteiger partial charge in [-0.3, -0.25) is 15.0 Å². The van der Waals surface area contributed by atoms with Crippen LogP contribution in [0.1, 0.15) is 30.7 Å². The number of nitrogens with one attached hydrogen (secondary N) is 1. The van der Waals surface area contributed by atoms with Crippen LogP contribution in [0.5, 0.6) is 0 Å². The first-order valence-electron chi connectivity index (χ1n) is 8.27. The van der Waals surface area contributed by atoms with Crippen LogP contribution in [-0.4, -0.2) is 71.2 Å². The SMILES string of the molecule is COCc1nnc(NC(=O)CN2CCC3(CC2)OCCC[C@@H]3O)s1. The standard InChI is InChI=1S/C15H24N4O4S/c1-22-10-13-17-18-14(24-13)16-12(21)9-19-6-4-15(5-7-19)11(20)3-2-8-23-15/h11,20H,2-10H2,1H3,(H,16,18,21)/t11-/m0/s1. The summed E-state index contributed by atoms with van der Waals surface area (Å²) in [4.78, 5) is 14.2. The Morgan fingerprint density at radius 1 is 1.50 bits per heavy atom. The van der Waals surface area contributed by atoms with E-state index in [2.05, 4.69) is 20.4 Å². The molecule has 24 heavy (non-hydrogen) atoms. The highest BCUT2D eigenvalue weighted by Crippen LogP contribution is 2.35. The molecule has 1 aromatic rings. The number of rotatable bonds is 5. The highest BCUT2D eigenvalue weighted by atomic mass is 32.1. The van der Waals surface area contributed by atoms with Gasteiger partial charge in [-0.1, -0.05) is 11.3 Å². The molecular formula is C15H24N4O4S. The second kappa shape index (κ2) is 7.83. The minimum Gasteiger partial charge on any atom is -0.390 e. The lowest BCUT2D eigenvalue weighted by Gasteiger charge is -2.46. The van der Waals surface area contributed by atoms with Crippen molar-refractivity contribution in [3.8, 4) is 0 Å². The zero-order chi connectivity index (χ0) is 17.0. The van der Waals surface area contributed by atoms with Gasteiger partial charge in [0.25, 0.3) is 0 Å². The van der Waals surface area contributed by atoms with Gasteiger partial charge in [-0.25, -0.2) is 0 Å². The Morgan fingerprint density at radius 3 is 3.00 bits per heavy atom. The molecule has 8 nitrogen and oxygen atoms in total. The Hall–Kier alpha value is -1.13. The molecule has 3 heterocycles. The van der Waals surface area contributed by atoms with Crippen molar-refractivity contribution in [1.29, 1.82) is 0 Å². The smallest absolute Gasteiger partial charge is 0.240 e. The van der Waals surface area contributed by atoms with Crippen molar-refractivity contribution < 1.29 is 19.4 Å². The van der Waals surface area contributed by atoms with Crippen molar-refractivity contribution >= 4 is 22.4 Å². The average molecular weight is 356 g/mol. The van der Waals surface area contributed by atoms with E-state index in [9.17, 15) is 9.90 Å². The molecule has 0 unspecified atom stereocenters. The van der Waals surface area contributed by atoms with E-state index >= 15 is 0 Å². The van der Waals surface area contributed by atoms with E-state index in [4.69, 9.17) is 9.47 Å². The summed E-state index contributed by atoms with van der Waals surface area (Å²) < 4.78 is 10.9. The summed E-state index contributed by atoms with van der Waals surface area (Å²) in [6.45, 7) is 2.92. The first kappa shape index (κ1) is 17.7. The van der Waals surface area contributed by atoms with E-state index in [0.29, 0.717) is 18.3 Å². The number of amides is 1. The number of piperidine rings is 1. The van der Waals surface area contributed by atoms with Gasteiger partial charge < -0.3 is 14.6 Å². The molecule has 134 valence electrons. The van der Waals surface area contributed by atoms with E-state index < -0.39 is 5.60 Å². The molecule has 0 saturated carbocycles. The van der Waals surface area contributed by atoms with Crippen LogP contribution in [0.3, 0.4) is 0 Å². The monoisotopic (exact) mass is 356 g/mol. The number of aromatic nitrogens is 2. The number of hydrogen-bond acceptors (Lipinski definition) is 8. The molecule has 0 aromatic carbocycles. The number of carbonyl (C=O) groups excluding carboxylic acids is 1. The molecule has 0 bridgehead atoms. The lowest BCUT2D eigenvalue weighted by Crippen LogP contribution is -2.55. The van der Waals surface area contributed by atoms with Crippen molar-refractivity contribution in [2.75, 3.05) is 38.7 Å². The molecule has 9 heteroatoms. The van der Waals surface area contributed by atoms with E-state index in [1.807, 2.05) is 0 Å². The van der Waals surface area contributed by atoms with Crippen LogP contribution in [0, 0.1) is 0 Å². The van der Waals surface area contributed by atoms with Crippen LogP contribution in [0.2, 0.25) is 0 Å². The average Bonchev–Trinajstić information content (AvgIpc) is 3.00. The van der Waals surface area contributed by atoms with E-state index in [1.54, 1.807) is 7.11 Å². The van der Waals surface area contributed by atoms with Crippen LogP contribution < -0.4 is 5.32 Å². The summed E-state index contributed by atoms with van der Waals surface area (Å²) in [5.41, 5.74) is -0.403. The molecule has 0 radical (unpaired) electrons. The Bertz CT molecular complexity index is 559. The molecule has 1 amide bonds. The molecule has 2 aliphatic rings. The molecular weight excluding hydrogens is 332 g/mol. The number of likely N-dealkylation sites (tertiary alicyclic amines) is 1. The minimum atomic E-state index is -0.403. The maximum atomic E-state index is 12.2. The van der Waals surface area contributed by atoms with Gasteiger partial charge in [0, 0.05) is 26.8 Å². The Morgan fingerprint density at radius 2 is 2.29 bits per heavy atom. The molecule has 1 aromatic heterocycles. The molecule has 2 saturated heterocycles. The molecule has 1 spiro atoms. The van der Waals surface area contributed by atoms with Crippen LogP contribution in [-0.2, 0) is 20.9 Å². The second-order valence-electron chi connectivity index (χ2n) is 6.33. The number of anilines is 1. The predicted octanol–water partition coefficient (Wildman–Crippen LogP) is 0.629. The number of hydrogen-bond donors (Lipinski definition) is 2. The number of methoxy groups -OCH3 is 1. The zero-order valence-corrected chi connectivity index (χ0v) is 14.7. The van der Waals surface area contributed by atoms with Crippen molar-refractivity contribution in [1.82, 2.24) is 15.1 Å². The summed E-state index contributed by atoms with van der Waals surface area (Å²) >= 11 is 1.31. The van der Waals surface area contributed by atoms with Gasteiger partial charge in [0.1, 0.15) is 11.6 Å². The van der Waals surface area contributed by atoms with Gasteiger partial charge >= 0.3 is 0 Å². The summed E-state index contributed by atoms with van der Waals surface area (Å²) in [7, 11) is 1.59. The fraction of sp³-hybridized carbons (Fsp3) is 0.800. The molecule has 2 N–H and O–H groups in total. The van der Waals surface area contributed by atoms with Gasteiger partial charge in [0.05, 0.1) is 18.2 Å². The third-order valence-corrected chi connectivity index (χ3v) is 5.48. The lowest BCUT2D eigenvalue weighted by molar-refractivity contribution is -0.177. The van der Waals surface area contributed by atoms with Crippen molar-refractivity contribution in [2.45, 2.75) is 44.0 Å². The van der Waals surface area contributed by atoms with E-state index in [1.165, 1.54) is 11.3 Å². The number of aliphatic hydroxyl groups is 1. The fourth-order valence-electron chi connectivity index (χ4n) is 3.33. The van der Waals surface area contributed by atoms with Gasteiger partial charge in [0.15, 0.2) is 0 Å². The summed E-state index contributed by atoms with van der Waals surface area (Å²) in [6, 6.07) is 0. The van der Waals surface area contributed by atoms with E-state index in [0.717, 1.165) is 50.4 Å². The largest absolute Gasteiger partial charge is 0.390 e. The maximum Gasteiger partial charge on any atom is 0.240 e. The van der Waals surface area contributed by atoms with Crippen LogP contribution in [0.15, 0.2) is 0 Å². The summed E-state index contributed by atoms with van der Waals surface area (Å²) in [5.74, 6) is -0.101. The number of aliphatic hydroxyl groups excluding tert-OH is 1. The van der Waals surface area contributed by atoms with Crippen molar-refractivity contribution in [3.63, 3.8) is 0 Å². The molecule has 2 fully saturated rings. The van der Waals surface area contributed by atoms with Gasteiger partial charge in [-0.05, 0) is 25.7 Å². The van der Waals surface area contributed by atoms with Crippen molar-refractivity contribution in [2.24, 2.45) is 0 Å². The highest BCUT2D eigenvalue weighted by molar-refractivity contribution is 7.15. The molecule has 0 aliphatic carbocycles. The Balaban J connectivity index is 1.46. The van der Waals surface area contributed by atoms with Crippen LogP contribution in [0.4, 0.5) is 5.13 Å². The fourth-order valence-corrected chi connectivity index (χ4v) is 4.05. The number of nitrogens with zero attached hydrogens (tertiary/aromatic N) is 3. The summed E-state index contributed by atoms with van der Waals surface area (Å²) in [5, 5.41) is 22.1. The first-order valence-corrected chi connectivity index (χ1v) is 9.08. The van der Waals surface area contributed by atoms with Crippen LogP contribution in [0.25, 0.3) is 0 Å². The van der Waals surface area contributed by atoms with Crippen molar-refractivity contribution in [3.05, 3.63) is 5.01 Å². The number of carbonyl (C=O) groups is 1. The molecule has 3 rings (SSSR count). The predicted molar refractivity (Wildman–Crippen MR) is 88.8 cm³/mol. The highest BCUT2D eigenvalue weighted by Gasteiger charge is 2.43. The topological polar surface area (TPSA) is 96.8 Å². The third-order valence-electron chi connectivity index (χ3n) is 4.67. The summed E-state index contributed by atoms with van der Waals surface area (Å²) in [6.07, 6.45) is 2.86. The normalized spacial score (nSPS) is 24.2. The third kappa shape index (κ3) is 4.09. The van der Waals surface area contributed by atoms with E-state index in [-0.39, 0.29) is 12.0 Å². The van der Waals surface area contributed by atoms with Gasteiger partial charge in [0.2, 0.25) is 11.0 Å². The minimum absolute atomic E-state index is 0.101.